The fourth-order valence-electron chi connectivity index (χ4n) is 8.94. The minimum absolute atomic E-state index is 0.0249. The van der Waals surface area contributed by atoms with Gasteiger partial charge in [0.15, 0.2) is 12.2 Å². The summed E-state index contributed by atoms with van der Waals surface area (Å²) in [6, 6.07) is 0. The molecule has 5 atom stereocenters. The maximum absolute atomic E-state index is 13.1. The van der Waals surface area contributed by atoms with Gasteiger partial charge in [-0.3, -0.25) is 37.3 Å². The topological polar surface area (TPSA) is 237 Å². The van der Waals surface area contributed by atoms with Crippen molar-refractivity contribution in [2.75, 3.05) is 39.6 Å². The molecule has 0 aromatic heterocycles. The second kappa shape index (κ2) is 73.2. The Bertz CT molecular complexity index is 2700. The lowest BCUT2D eigenvalue weighted by Crippen LogP contribution is -2.30. The van der Waals surface area contributed by atoms with Crippen molar-refractivity contribution in [1.29, 1.82) is 0 Å². The first-order valence-corrected chi connectivity index (χ1v) is 40.7. The van der Waals surface area contributed by atoms with Crippen molar-refractivity contribution in [3.8, 4) is 0 Å². The SMILES string of the molecule is CC/C=C\C/C=C\C/C=C\C/C=C\C/C=C\C/C=C\CCC(=O)OCC(COP(=O)(O)OCC(O)COP(=O)(O)OCC(COC(=O)CCCCCC/C=C\C/C=C\C/C=C\C/C=C\CC)OC(=O)C/C=C\C/C=C\C/C=C\C/C=C\C/C=C\CC)OC(=O)CCCCCCC/C=C\CCCC. The molecule has 19 heteroatoms. The predicted molar refractivity (Wildman–Crippen MR) is 417 cm³/mol. The van der Waals surface area contributed by atoms with Gasteiger partial charge in [0, 0.05) is 19.3 Å². The average molecular weight is 1460 g/mol. The normalized spacial score (nSPS) is 15.0. The van der Waals surface area contributed by atoms with Gasteiger partial charge in [-0.1, -0.05) is 267 Å². The van der Waals surface area contributed by atoms with Gasteiger partial charge in [0.05, 0.1) is 32.8 Å². The van der Waals surface area contributed by atoms with E-state index in [9.17, 15) is 43.2 Å². The zero-order valence-corrected chi connectivity index (χ0v) is 64.2. The highest BCUT2D eigenvalue weighted by Gasteiger charge is 2.30. The van der Waals surface area contributed by atoms with Crippen LogP contribution in [-0.2, 0) is 65.4 Å². The van der Waals surface area contributed by atoms with Gasteiger partial charge < -0.3 is 33.8 Å². The lowest BCUT2D eigenvalue weighted by Gasteiger charge is -2.21. The highest BCUT2D eigenvalue weighted by molar-refractivity contribution is 7.47. The third-order valence-corrected chi connectivity index (χ3v) is 16.5. The number of aliphatic hydroxyl groups is 1. The number of aliphatic hydroxyl groups excluding tert-OH is 1. The summed E-state index contributed by atoms with van der Waals surface area (Å²) >= 11 is 0. The summed E-state index contributed by atoms with van der Waals surface area (Å²) in [4.78, 5) is 72.7. The standard InChI is InChI=1S/C83H130O17P2/c1-5-9-13-17-21-25-29-32-35-37-38-40-43-45-49-52-56-60-64-68-80(85)93-73-78(99-82(87)69-65-61-57-53-47-28-24-20-16-12-8-4)75-97-101(89,90)95-71-77(84)72-96-102(91,92)98-76-79(100-83(88)70-66-62-58-54-50-46-41-34-31-27-23-19-15-11-7-3)74-94-81(86)67-63-59-55-51-48-44-42-39-36-33-30-26-22-18-14-10-6-2/h9-11,13-15,20-27,32-36,38,40-42,44-45,49-50,54,56,60,62,66,77-79,84H,5-8,12,16-19,28-31,37,39,43,46-48,51-53,55,57-59,61,63-65,67-76H2,1-4H3,(H,89,90)(H,91,92)/b13-9-,14-10-,15-11-,24-20-,25-21-,26-22-,27-23-,35-32-,36-33-,40-38-,41-34-,44-42-,49-45-,54-50-,60-56-,66-62-. The van der Waals surface area contributed by atoms with Crippen LogP contribution >= 0.6 is 15.6 Å². The fraction of sp³-hybridized carbons (Fsp3) is 0.566. The van der Waals surface area contributed by atoms with Crippen LogP contribution in [0.4, 0.5) is 0 Å². The molecule has 0 amide bonds. The Morgan fingerprint density at radius 3 is 0.941 bits per heavy atom. The lowest BCUT2D eigenvalue weighted by atomic mass is 10.1. The number of carbonyl (C=O) groups is 4. The van der Waals surface area contributed by atoms with Gasteiger partial charge >= 0.3 is 39.5 Å². The van der Waals surface area contributed by atoms with Gasteiger partial charge in [0.1, 0.15) is 19.3 Å². The van der Waals surface area contributed by atoms with E-state index in [4.69, 9.17) is 37.0 Å². The Labute approximate surface area is 615 Å². The largest absolute Gasteiger partial charge is 0.472 e. The third-order valence-electron chi connectivity index (χ3n) is 14.6. The lowest BCUT2D eigenvalue weighted by molar-refractivity contribution is -0.161. The number of phosphoric ester groups is 2. The molecule has 5 unspecified atom stereocenters. The molecule has 0 saturated heterocycles. The first-order valence-electron chi connectivity index (χ1n) is 37.7. The maximum atomic E-state index is 13.1. The zero-order valence-electron chi connectivity index (χ0n) is 62.4. The molecule has 0 aromatic carbocycles. The highest BCUT2D eigenvalue weighted by atomic mass is 31.2. The van der Waals surface area contributed by atoms with Crippen molar-refractivity contribution < 1.29 is 80.2 Å². The first-order chi connectivity index (χ1) is 49.7. The smallest absolute Gasteiger partial charge is 0.462 e. The van der Waals surface area contributed by atoms with E-state index >= 15 is 0 Å². The monoisotopic (exact) mass is 1460 g/mol. The van der Waals surface area contributed by atoms with Crippen LogP contribution in [0.3, 0.4) is 0 Å². The van der Waals surface area contributed by atoms with E-state index < -0.39 is 97.5 Å². The molecule has 0 aromatic rings. The number of hydrogen-bond acceptors (Lipinski definition) is 15. The van der Waals surface area contributed by atoms with Gasteiger partial charge in [0.2, 0.25) is 0 Å². The molecule has 0 aliphatic rings. The molecule has 0 bridgehead atoms. The maximum Gasteiger partial charge on any atom is 0.472 e. The van der Waals surface area contributed by atoms with Crippen molar-refractivity contribution in [2.45, 2.75) is 264 Å². The first kappa shape index (κ1) is 95.9. The van der Waals surface area contributed by atoms with Crippen LogP contribution in [0.15, 0.2) is 194 Å². The van der Waals surface area contributed by atoms with Crippen LogP contribution in [0.5, 0.6) is 0 Å². The molecule has 102 heavy (non-hydrogen) atoms. The third kappa shape index (κ3) is 72.3. The summed E-state index contributed by atoms with van der Waals surface area (Å²) in [6.45, 7) is 4.20. The highest BCUT2D eigenvalue weighted by Crippen LogP contribution is 2.45. The molecule has 0 rings (SSSR count). The van der Waals surface area contributed by atoms with Crippen LogP contribution in [0.2, 0.25) is 0 Å². The molecular formula is C83H130O17P2. The minimum Gasteiger partial charge on any atom is -0.462 e. The van der Waals surface area contributed by atoms with Gasteiger partial charge in [-0.05, 0) is 148 Å². The van der Waals surface area contributed by atoms with Gasteiger partial charge in [0.25, 0.3) is 0 Å². The summed E-state index contributed by atoms with van der Waals surface area (Å²) in [7, 11) is -10.0. The van der Waals surface area contributed by atoms with E-state index in [1.807, 2.05) is 30.4 Å². The number of esters is 4. The van der Waals surface area contributed by atoms with E-state index in [1.54, 1.807) is 12.2 Å². The molecule has 0 radical (unpaired) electrons. The molecule has 3 N–H and O–H groups in total. The van der Waals surface area contributed by atoms with Crippen LogP contribution in [0.25, 0.3) is 0 Å². The van der Waals surface area contributed by atoms with Gasteiger partial charge in [-0.25, -0.2) is 9.13 Å². The zero-order chi connectivity index (χ0) is 74.6. The number of hydrogen-bond donors (Lipinski definition) is 3. The molecule has 0 aliphatic carbocycles. The molecule has 0 aliphatic heterocycles. The average Bonchev–Trinajstić information content (AvgIpc) is 0.926. The molecular weight excluding hydrogens is 1330 g/mol. The summed E-state index contributed by atoms with van der Waals surface area (Å²) in [5, 5.41) is 10.6. The Balaban J connectivity index is 5.50. The van der Waals surface area contributed by atoms with E-state index in [1.165, 1.54) is 6.42 Å². The molecule has 0 fully saturated rings. The Morgan fingerprint density at radius 2 is 0.569 bits per heavy atom. The summed E-state index contributed by atoms with van der Waals surface area (Å²) in [5.41, 5.74) is 0. The minimum atomic E-state index is -5.02. The fourth-order valence-corrected chi connectivity index (χ4v) is 10.5. The molecule has 17 nitrogen and oxygen atoms in total. The van der Waals surface area contributed by atoms with Crippen molar-refractivity contribution in [1.82, 2.24) is 0 Å². The van der Waals surface area contributed by atoms with Gasteiger partial charge in [-0.2, -0.15) is 0 Å². The van der Waals surface area contributed by atoms with E-state index in [2.05, 4.69) is 180 Å². The second-order valence-corrected chi connectivity index (χ2v) is 27.0. The summed E-state index contributed by atoms with van der Waals surface area (Å²) in [6.07, 6.45) is 89.1. The van der Waals surface area contributed by atoms with Crippen molar-refractivity contribution in [2.24, 2.45) is 0 Å². The quantitative estimate of drug-likeness (QED) is 0.0169. The van der Waals surface area contributed by atoms with Crippen LogP contribution in [0, 0.1) is 0 Å². The van der Waals surface area contributed by atoms with Crippen molar-refractivity contribution >= 4 is 39.5 Å². The Kier molecular flexibility index (Phi) is 68.8. The van der Waals surface area contributed by atoms with E-state index in [0.29, 0.717) is 32.1 Å². The second-order valence-electron chi connectivity index (χ2n) is 24.1. The summed E-state index contributed by atoms with van der Waals surface area (Å²) < 4.78 is 68.2. The molecule has 0 heterocycles. The van der Waals surface area contributed by atoms with Gasteiger partial charge in [-0.15, -0.1) is 0 Å². The predicted octanol–water partition coefficient (Wildman–Crippen LogP) is 21.8. The molecule has 574 valence electrons. The molecule has 0 spiro atoms. The summed E-state index contributed by atoms with van der Waals surface area (Å²) in [5.74, 6) is -2.49. The Morgan fingerprint density at radius 1 is 0.294 bits per heavy atom. The van der Waals surface area contributed by atoms with Crippen molar-refractivity contribution in [3.63, 3.8) is 0 Å². The Hall–Kier alpha value is -6.10. The number of carbonyl (C=O) groups excluding carboxylic acids is 4. The number of unbranched alkanes of at least 4 members (excludes halogenated alkanes) is 11. The molecule has 0 saturated carbocycles. The van der Waals surface area contributed by atoms with E-state index in [-0.39, 0.29) is 25.7 Å². The van der Waals surface area contributed by atoms with Crippen molar-refractivity contribution in [3.05, 3.63) is 194 Å². The number of rotatable bonds is 68. The van der Waals surface area contributed by atoms with Crippen LogP contribution in [0.1, 0.15) is 246 Å². The number of allylic oxidation sites excluding steroid dienone is 31. The van der Waals surface area contributed by atoms with Crippen LogP contribution in [-0.4, -0.2) is 96.7 Å². The number of phosphoric acid groups is 2. The van der Waals surface area contributed by atoms with Crippen LogP contribution < -0.4 is 0 Å². The van der Waals surface area contributed by atoms with E-state index in [0.717, 1.165) is 154 Å². The number of ether oxygens (including phenoxy) is 4.